The van der Waals surface area contributed by atoms with E-state index in [1.165, 1.54) is 33.4 Å². The number of hydrogen-bond donors (Lipinski definition) is 0. The van der Waals surface area contributed by atoms with Crippen LogP contribution in [-0.2, 0) is 19.5 Å². The average Bonchev–Trinajstić information content (AvgIpc) is 3.54. The number of nitrogens with zero attached hydrogens (tertiary/aromatic N) is 3. The van der Waals surface area contributed by atoms with Crippen molar-refractivity contribution < 1.29 is 0 Å². The third-order valence-corrected chi connectivity index (χ3v) is 6.00. The highest BCUT2D eigenvalue weighted by molar-refractivity contribution is 5.84. The van der Waals surface area contributed by atoms with E-state index in [0.717, 1.165) is 25.9 Å². The topological polar surface area (TPSA) is 18.8 Å². The van der Waals surface area contributed by atoms with Gasteiger partial charge in [-0.1, -0.05) is 97.9 Å². The maximum Gasteiger partial charge on any atom is 0.109 e. The molecule has 0 aromatic heterocycles. The Hall–Kier alpha value is -3.33. The van der Waals surface area contributed by atoms with Gasteiger partial charge in [0.2, 0.25) is 0 Å². The van der Waals surface area contributed by atoms with Crippen LogP contribution >= 0.6 is 0 Å². The molecular weight excluding hydrogens is 390 g/mol. The molecule has 32 heavy (non-hydrogen) atoms. The minimum Gasteiger partial charge on any atom is -0.367 e. The van der Waals surface area contributed by atoms with Gasteiger partial charge < -0.3 is 9.80 Å². The van der Waals surface area contributed by atoms with E-state index < -0.39 is 0 Å². The smallest absolute Gasteiger partial charge is 0.109 e. The molecule has 0 aliphatic carbocycles. The largest absolute Gasteiger partial charge is 0.367 e. The van der Waals surface area contributed by atoms with Gasteiger partial charge in [-0.25, -0.2) is 0 Å². The molecule has 0 heterocycles. The van der Waals surface area contributed by atoms with E-state index in [1.54, 1.807) is 0 Å². The summed E-state index contributed by atoms with van der Waals surface area (Å²) in [7, 11) is 4.36. The normalized spacial score (nSPS) is 12.0. The molecule has 164 valence electrons. The van der Waals surface area contributed by atoms with Crippen molar-refractivity contribution in [1.29, 1.82) is 0 Å². The van der Waals surface area contributed by atoms with Gasteiger partial charge in [0.15, 0.2) is 0 Å². The molecule has 4 aromatic carbocycles. The lowest BCUT2D eigenvalue weighted by Gasteiger charge is -2.18. The summed E-state index contributed by atoms with van der Waals surface area (Å²) >= 11 is 0. The number of hydrogen-bond acceptors (Lipinski definition) is 3. The first-order valence-corrected chi connectivity index (χ1v) is 11.5. The third kappa shape index (κ3) is 5.47. The van der Waals surface area contributed by atoms with E-state index in [1.807, 2.05) is 0 Å². The maximum atomic E-state index is 5.25. The van der Waals surface area contributed by atoms with Crippen LogP contribution in [0, 0.1) is 0 Å². The summed E-state index contributed by atoms with van der Waals surface area (Å²) < 4.78 is 0. The summed E-state index contributed by atoms with van der Waals surface area (Å²) in [5.41, 5.74) is 6.53. The minimum atomic E-state index is 0.287. The van der Waals surface area contributed by atoms with Crippen molar-refractivity contribution >= 4 is 11.4 Å². The van der Waals surface area contributed by atoms with Gasteiger partial charge >= 0.3 is 0 Å². The SMILES string of the molecule is CC[C@H](Cc1ccccc1)N=c1c(N(C)Cc2ccccc2)c1N(C)Cc1ccccc1. The standard InChI is InChI=1S/C29H33N3/c1-4-26(20-23-14-8-5-9-15-23)30-27-28(31(2)21-24-16-10-6-11-17-24)29(27)32(3)22-25-18-12-7-13-19-25/h5-19,26H,4,20-22H2,1-3H3/t26-/m1/s1. The van der Waals surface area contributed by atoms with Crippen molar-refractivity contribution in [2.75, 3.05) is 23.9 Å². The molecule has 0 unspecified atom stereocenters. The van der Waals surface area contributed by atoms with Crippen LogP contribution in [-0.4, -0.2) is 20.1 Å². The van der Waals surface area contributed by atoms with Crippen molar-refractivity contribution in [2.45, 2.75) is 38.9 Å². The van der Waals surface area contributed by atoms with E-state index >= 15 is 0 Å². The molecule has 4 aromatic rings. The molecule has 3 heteroatoms. The second kappa shape index (κ2) is 10.3. The van der Waals surface area contributed by atoms with Crippen molar-refractivity contribution in [2.24, 2.45) is 4.99 Å². The van der Waals surface area contributed by atoms with Crippen LogP contribution < -0.4 is 15.2 Å². The molecule has 0 fully saturated rings. The van der Waals surface area contributed by atoms with Gasteiger partial charge in [0.1, 0.15) is 5.36 Å². The Morgan fingerprint density at radius 3 is 1.44 bits per heavy atom. The molecule has 0 radical (unpaired) electrons. The minimum absolute atomic E-state index is 0.287. The molecule has 0 aliphatic heterocycles. The van der Waals surface area contributed by atoms with Crippen LogP contribution in [0.5, 0.6) is 0 Å². The fraction of sp³-hybridized carbons (Fsp3) is 0.276. The Balaban J connectivity index is 1.59. The molecule has 3 nitrogen and oxygen atoms in total. The van der Waals surface area contributed by atoms with Gasteiger partial charge in [-0.2, -0.15) is 0 Å². The van der Waals surface area contributed by atoms with Gasteiger partial charge in [-0.3, -0.25) is 4.99 Å². The van der Waals surface area contributed by atoms with Crippen LogP contribution in [0.4, 0.5) is 11.4 Å². The third-order valence-electron chi connectivity index (χ3n) is 6.00. The van der Waals surface area contributed by atoms with Crippen LogP contribution in [0.25, 0.3) is 0 Å². The molecular formula is C29H33N3. The van der Waals surface area contributed by atoms with Gasteiger partial charge in [0.05, 0.1) is 17.4 Å². The van der Waals surface area contributed by atoms with Crippen molar-refractivity contribution in [3.05, 3.63) is 113 Å². The molecule has 0 aliphatic rings. The molecule has 0 spiro atoms. The zero-order valence-corrected chi connectivity index (χ0v) is 19.4. The number of anilines is 2. The van der Waals surface area contributed by atoms with Gasteiger partial charge in [-0.15, -0.1) is 0 Å². The number of benzene rings is 3. The summed E-state index contributed by atoms with van der Waals surface area (Å²) in [6.45, 7) is 4.00. The Morgan fingerprint density at radius 1 is 0.625 bits per heavy atom. The summed E-state index contributed by atoms with van der Waals surface area (Å²) in [6, 6.07) is 32.3. The summed E-state index contributed by atoms with van der Waals surface area (Å²) in [4.78, 5) is 9.94. The lowest BCUT2D eigenvalue weighted by Crippen LogP contribution is -2.17. The van der Waals surface area contributed by atoms with Crippen LogP contribution in [0.15, 0.2) is 96.0 Å². The molecule has 0 amide bonds. The second-order valence-corrected chi connectivity index (χ2v) is 8.61. The van der Waals surface area contributed by atoms with Gasteiger partial charge in [0, 0.05) is 27.2 Å². The van der Waals surface area contributed by atoms with Crippen molar-refractivity contribution in [3.8, 4) is 0 Å². The highest BCUT2D eigenvalue weighted by atomic mass is 15.2. The predicted molar refractivity (Wildman–Crippen MR) is 136 cm³/mol. The monoisotopic (exact) mass is 423 g/mol. The van der Waals surface area contributed by atoms with Crippen LogP contribution in [0.3, 0.4) is 0 Å². The first kappa shape index (κ1) is 21.9. The summed E-state index contributed by atoms with van der Waals surface area (Å²) in [5.74, 6) is 0. The zero-order chi connectivity index (χ0) is 22.3. The molecule has 1 atom stereocenters. The number of rotatable bonds is 10. The van der Waals surface area contributed by atoms with Crippen molar-refractivity contribution in [1.82, 2.24) is 0 Å². The van der Waals surface area contributed by atoms with Gasteiger partial charge in [0.25, 0.3) is 0 Å². The molecule has 0 saturated heterocycles. The van der Waals surface area contributed by atoms with E-state index in [9.17, 15) is 0 Å². The highest BCUT2D eigenvalue weighted by Gasteiger charge is 2.28. The maximum absolute atomic E-state index is 5.25. The Morgan fingerprint density at radius 2 is 1.03 bits per heavy atom. The van der Waals surface area contributed by atoms with Crippen LogP contribution in [0.2, 0.25) is 0 Å². The first-order valence-electron chi connectivity index (χ1n) is 11.5. The summed E-state index contributed by atoms with van der Waals surface area (Å²) in [5, 5.41) is 1.17. The Bertz CT molecular complexity index is 1050. The zero-order valence-electron chi connectivity index (χ0n) is 19.4. The Kier molecular flexibility index (Phi) is 7.06. The predicted octanol–water partition coefficient (Wildman–Crippen LogP) is 5.76. The van der Waals surface area contributed by atoms with E-state index in [-0.39, 0.29) is 6.04 Å². The summed E-state index contributed by atoms with van der Waals surface area (Å²) in [6.07, 6.45) is 2.01. The van der Waals surface area contributed by atoms with E-state index in [4.69, 9.17) is 4.99 Å². The second-order valence-electron chi connectivity index (χ2n) is 8.61. The fourth-order valence-corrected chi connectivity index (χ4v) is 4.23. The molecule has 4 rings (SSSR count). The Labute approximate surface area is 192 Å². The fourth-order valence-electron chi connectivity index (χ4n) is 4.23. The quantitative estimate of drug-likeness (QED) is 0.323. The van der Waals surface area contributed by atoms with Crippen LogP contribution in [0.1, 0.15) is 30.0 Å². The molecule has 0 bridgehead atoms. The highest BCUT2D eigenvalue weighted by Crippen LogP contribution is 2.33. The molecule has 0 saturated carbocycles. The lowest BCUT2D eigenvalue weighted by atomic mass is 10.0. The van der Waals surface area contributed by atoms with Gasteiger partial charge in [-0.05, 0) is 29.5 Å². The van der Waals surface area contributed by atoms with Crippen molar-refractivity contribution in [3.63, 3.8) is 0 Å². The molecule has 0 N–H and O–H groups in total. The van der Waals surface area contributed by atoms with E-state index in [2.05, 4.69) is 122 Å². The average molecular weight is 424 g/mol. The lowest BCUT2D eigenvalue weighted by molar-refractivity contribution is 0.636. The first-order chi connectivity index (χ1) is 15.7. The van der Waals surface area contributed by atoms with E-state index in [0.29, 0.717) is 0 Å².